The van der Waals surface area contributed by atoms with Crippen LogP contribution in [0.2, 0.25) is 0 Å². The summed E-state index contributed by atoms with van der Waals surface area (Å²) in [4.78, 5) is 11.8. The molecule has 0 spiro atoms. The highest BCUT2D eigenvalue weighted by molar-refractivity contribution is 5.66. The highest BCUT2D eigenvalue weighted by atomic mass is 16.7. The van der Waals surface area contributed by atoms with Gasteiger partial charge in [0, 0.05) is 12.8 Å². The van der Waals surface area contributed by atoms with Gasteiger partial charge in [-0.1, -0.05) is 25.5 Å². The third-order valence-electron chi connectivity index (χ3n) is 6.56. The number of rotatable bonds is 5. The molecule has 0 bridgehead atoms. The molecule has 0 radical (unpaired) electrons. The lowest BCUT2D eigenvalue weighted by atomic mass is 9.73. The fraction of sp³-hybridized carbons (Fsp3) is 0.773. The third kappa shape index (κ3) is 4.30. The molecule has 0 saturated heterocycles. The fourth-order valence-electron chi connectivity index (χ4n) is 5.22. The Balaban J connectivity index is 1.97. The molecule has 3 rings (SSSR count). The number of hydrogen-bond donors (Lipinski definition) is 2. The molecule has 0 amide bonds. The van der Waals surface area contributed by atoms with E-state index in [2.05, 4.69) is 33.8 Å². The van der Waals surface area contributed by atoms with Gasteiger partial charge >= 0.3 is 5.97 Å². The summed E-state index contributed by atoms with van der Waals surface area (Å²) >= 11 is 0. The number of ether oxygens (including phenoxy) is 2. The lowest BCUT2D eigenvalue weighted by Crippen LogP contribution is -2.38. The second-order valence-electron chi connectivity index (χ2n) is 8.98. The number of aliphatic hydroxyl groups is 2. The summed E-state index contributed by atoms with van der Waals surface area (Å²) in [5, 5.41) is 21.1. The summed E-state index contributed by atoms with van der Waals surface area (Å²) < 4.78 is 11.2. The number of esters is 1. The predicted molar refractivity (Wildman–Crippen MR) is 102 cm³/mol. The van der Waals surface area contributed by atoms with Gasteiger partial charge in [-0.15, -0.1) is 0 Å². The van der Waals surface area contributed by atoms with Crippen LogP contribution < -0.4 is 0 Å². The number of carbonyl (C=O) groups is 1. The first-order chi connectivity index (χ1) is 12.7. The highest BCUT2D eigenvalue weighted by Gasteiger charge is 2.55. The highest BCUT2D eigenvalue weighted by Crippen LogP contribution is 2.57. The molecule has 152 valence electrons. The van der Waals surface area contributed by atoms with Crippen molar-refractivity contribution in [2.75, 3.05) is 0 Å². The van der Waals surface area contributed by atoms with Crippen molar-refractivity contribution >= 4 is 5.97 Å². The Labute approximate surface area is 162 Å². The van der Waals surface area contributed by atoms with E-state index in [0.717, 1.165) is 36.8 Å². The Morgan fingerprint density at radius 3 is 2.52 bits per heavy atom. The SMILES string of the molecule is CC(=O)O[C@@H]1C[C@@H](C)C2CC2C2=C(C(O)OC2O)[C@@H]1C(C)CCC=C(C)C. The van der Waals surface area contributed by atoms with Crippen LogP contribution in [-0.4, -0.2) is 34.9 Å². The lowest BCUT2D eigenvalue weighted by Gasteiger charge is -2.36. The van der Waals surface area contributed by atoms with E-state index in [-0.39, 0.29) is 29.8 Å². The summed E-state index contributed by atoms with van der Waals surface area (Å²) in [6.45, 7) is 9.97. The van der Waals surface area contributed by atoms with Crippen LogP contribution in [0.25, 0.3) is 0 Å². The van der Waals surface area contributed by atoms with E-state index in [1.54, 1.807) is 0 Å². The summed E-state index contributed by atoms with van der Waals surface area (Å²) in [6.07, 6.45) is 3.43. The van der Waals surface area contributed by atoms with Gasteiger partial charge < -0.3 is 19.7 Å². The van der Waals surface area contributed by atoms with E-state index in [1.807, 2.05) is 0 Å². The molecular formula is C22H34O5. The van der Waals surface area contributed by atoms with E-state index in [0.29, 0.717) is 11.8 Å². The Morgan fingerprint density at radius 1 is 1.22 bits per heavy atom. The van der Waals surface area contributed by atoms with Crippen molar-refractivity contribution in [1.29, 1.82) is 0 Å². The van der Waals surface area contributed by atoms with E-state index in [9.17, 15) is 15.0 Å². The van der Waals surface area contributed by atoms with Crippen LogP contribution in [0.15, 0.2) is 22.8 Å². The van der Waals surface area contributed by atoms with Crippen molar-refractivity contribution in [2.45, 2.75) is 79.0 Å². The van der Waals surface area contributed by atoms with Crippen LogP contribution in [-0.2, 0) is 14.3 Å². The maximum atomic E-state index is 11.8. The van der Waals surface area contributed by atoms with Gasteiger partial charge in [-0.2, -0.15) is 0 Å². The largest absolute Gasteiger partial charge is 0.462 e. The molecule has 5 unspecified atom stereocenters. The summed E-state index contributed by atoms with van der Waals surface area (Å²) in [7, 11) is 0. The average molecular weight is 379 g/mol. The minimum absolute atomic E-state index is 0.134. The molecule has 8 atom stereocenters. The molecule has 2 N–H and O–H groups in total. The minimum Gasteiger partial charge on any atom is -0.462 e. The standard InChI is InChI=1S/C22H34O5/c1-11(2)7-6-8-12(3)18-17(26-14(5)23)9-13(4)15-10-16(15)19-20(18)22(25)27-21(19)24/h7,12-13,15-18,21-22,24-25H,6,8-10H2,1-5H3/t12?,13-,15?,16?,17-,18-,21?,22?/m1/s1. The molecular weight excluding hydrogens is 344 g/mol. The van der Waals surface area contributed by atoms with E-state index < -0.39 is 12.6 Å². The Hall–Kier alpha value is -1.17. The first-order valence-corrected chi connectivity index (χ1v) is 10.3. The van der Waals surface area contributed by atoms with E-state index >= 15 is 0 Å². The van der Waals surface area contributed by atoms with Crippen molar-refractivity contribution < 1.29 is 24.5 Å². The van der Waals surface area contributed by atoms with Crippen molar-refractivity contribution in [1.82, 2.24) is 0 Å². The maximum Gasteiger partial charge on any atom is 0.302 e. The van der Waals surface area contributed by atoms with Gasteiger partial charge in [-0.05, 0) is 74.3 Å². The topological polar surface area (TPSA) is 76.0 Å². The molecule has 5 nitrogen and oxygen atoms in total. The number of allylic oxidation sites excluding steroid dienone is 2. The van der Waals surface area contributed by atoms with Gasteiger partial charge in [0.05, 0.1) is 0 Å². The molecule has 1 fully saturated rings. The lowest BCUT2D eigenvalue weighted by molar-refractivity contribution is -0.162. The molecule has 2 aliphatic carbocycles. The summed E-state index contributed by atoms with van der Waals surface area (Å²) in [5.41, 5.74) is 2.92. The van der Waals surface area contributed by atoms with Crippen molar-refractivity contribution in [3.63, 3.8) is 0 Å². The maximum absolute atomic E-state index is 11.8. The Bertz CT molecular complexity index is 633. The average Bonchev–Trinajstić information content (AvgIpc) is 3.26. The van der Waals surface area contributed by atoms with E-state index in [1.165, 1.54) is 12.5 Å². The number of hydrogen-bond acceptors (Lipinski definition) is 5. The zero-order valence-corrected chi connectivity index (χ0v) is 17.1. The van der Waals surface area contributed by atoms with Crippen molar-refractivity contribution in [3.05, 3.63) is 22.8 Å². The smallest absolute Gasteiger partial charge is 0.302 e. The van der Waals surface area contributed by atoms with Crippen LogP contribution >= 0.6 is 0 Å². The Kier molecular flexibility index (Phi) is 6.14. The summed E-state index contributed by atoms with van der Waals surface area (Å²) in [6, 6.07) is 0. The molecule has 3 aliphatic rings. The first kappa shape index (κ1) is 20.6. The zero-order valence-electron chi connectivity index (χ0n) is 17.1. The molecule has 0 aromatic heterocycles. The second-order valence-corrected chi connectivity index (χ2v) is 8.98. The van der Waals surface area contributed by atoms with Crippen LogP contribution in [0.5, 0.6) is 0 Å². The Morgan fingerprint density at radius 2 is 1.89 bits per heavy atom. The molecule has 0 aromatic carbocycles. The second kappa shape index (κ2) is 8.06. The van der Waals surface area contributed by atoms with Gasteiger partial charge in [0.2, 0.25) is 0 Å². The van der Waals surface area contributed by atoms with Crippen LogP contribution in [0.4, 0.5) is 0 Å². The monoisotopic (exact) mass is 378 g/mol. The van der Waals surface area contributed by atoms with Crippen LogP contribution in [0, 0.1) is 29.6 Å². The molecule has 0 aromatic rings. The number of aliphatic hydroxyl groups excluding tert-OH is 2. The predicted octanol–water partition coefficient (Wildman–Crippen LogP) is 3.56. The molecule has 1 heterocycles. The van der Waals surface area contributed by atoms with Gasteiger partial charge in [0.25, 0.3) is 0 Å². The molecule has 1 aliphatic heterocycles. The quantitative estimate of drug-likeness (QED) is 0.565. The van der Waals surface area contributed by atoms with E-state index in [4.69, 9.17) is 9.47 Å². The zero-order chi connectivity index (χ0) is 19.9. The fourth-order valence-corrected chi connectivity index (χ4v) is 5.22. The normalized spacial score (nSPS) is 39.0. The van der Waals surface area contributed by atoms with Gasteiger partial charge in [0.15, 0.2) is 12.6 Å². The number of fused-ring (bicyclic) bond motifs is 2. The minimum atomic E-state index is -1.11. The van der Waals surface area contributed by atoms with Crippen LogP contribution in [0.1, 0.15) is 60.3 Å². The number of carbonyl (C=O) groups excluding carboxylic acids is 1. The van der Waals surface area contributed by atoms with Gasteiger partial charge in [0.1, 0.15) is 6.10 Å². The van der Waals surface area contributed by atoms with Gasteiger partial charge in [-0.3, -0.25) is 4.79 Å². The molecule has 1 saturated carbocycles. The molecule has 5 heteroatoms. The van der Waals surface area contributed by atoms with Crippen molar-refractivity contribution in [2.24, 2.45) is 29.6 Å². The molecule has 27 heavy (non-hydrogen) atoms. The van der Waals surface area contributed by atoms with Crippen LogP contribution in [0.3, 0.4) is 0 Å². The third-order valence-corrected chi connectivity index (χ3v) is 6.56. The first-order valence-electron chi connectivity index (χ1n) is 10.3. The van der Waals surface area contributed by atoms with Gasteiger partial charge in [-0.25, -0.2) is 0 Å². The van der Waals surface area contributed by atoms with Crippen molar-refractivity contribution in [3.8, 4) is 0 Å². The summed E-state index contributed by atoms with van der Waals surface area (Å²) in [5.74, 6) is 0.932.